The maximum atomic E-state index is 9.19. The van der Waals surface area contributed by atoms with Crippen molar-refractivity contribution in [3.63, 3.8) is 0 Å². The van der Waals surface area contributed by atoms with Gasteiger partial charge in [-0.3, -0.25) is 0 Å². The summed E-state index contributed by atoms with van der Waals surface area (Å²) in [4.78, 5) is 0. The molecule has 102 valence electrons. The Balaban J connectivity index is 2.46. The Morgan fingerprint density at radius 3 is 2.06 bits per heavy atom. The molecule has 1 saturated carbocycles. The molecule has 0 heterocycles. The fraction of sp³-hybridized carbons (Fsp3) is 1.00. The zero-order valence-electron chi connectivity index (χ0n) is 12.0. The zero-order chi connectivity index (χ0) is 12.7. The van der Waals surface area contributed by atoms with Crippen LogP contribution in [0.3, 0.4) is 0 Å². The number of aliphatic hydroxyl groups excluding tert-OH is 1. The Morgan fingerprint density at radius 2 is 1.59 bits per heavy atom. The fourth-order valence-electron chi connectivity index (χ4n) is 2.80. The molecule has 0 radical (unpaired) electrons. The molecule has 1 rings (SSSR count). The van der Waals surface area contributed by atoms with Gasteiger partial charge in [-0.15, -0.1) is 0 Å². The van der Waals surface area contributed by atoms with Gasteiger partial charge in [0, 0.05) is 18.7 Å². The number of hydrogen-bond donors (Lipinski definition) is 2. The van der Waals surface area contributed by atoms with E-state index in [-0.39, 0.29) is 5.41 Å². The van der Waals surface area contributed by atoms with Crippen molar-refractivity contribution < 1.29 is 5.11 Å². The van der Waals surface area contributed by atoms with Gasteiger partial charge in [0.2, 0.25) is 0 Å². The molecule has 2 heteroatoms. The molecule has 0 amide bonds. The highest BCUT2D eigenvalue weighted by molar-refractivity contribution is 4.84. The van der Waals surface area contributed by atoms with E-state index in [4.69, 9.17) is 0 Å². The van der Waals surface area contributed by atoms with Crippen molar-refractivity contribution in [3.05, 3.63) is 0 Å². The van der Waals surface area contributed by atoms with Crippen LogP contribution in [-0.4, -0.2) is 23.8 Å². The molecule has 17 heavy (non-hydrogen) atoms. The van der Waals surface area contributed by atoms with Gasteiger partial charge in [0.15, 0.2) is 0 Å². The zero-order valence-corrected chi connectivity index (χ0v) is 12.0. The lowest BCUT2D eigenvalue weighted by Crippen LogP contribution is -2.46. The summed E-state index contributed by atoms with van der Waals surface area (Å²) in [6.07, 6.45) is 10.5. The van der Waals surface area contributed by atoms with E-state index in [0.717, 1.165) is 6.42 Å². The predicted molar refractivity (Wildman–Crippen MR) is 74.2 cm³/mol. The summed E-state index contributed by atoms with van der Waals surface area (Å²) in [6, 6.07) is 1.11. The molecule has 0 aromatic carbocycles. The number of aliphatic hydroxyl groups is 1. The van der Waals surface area contributed by atoms with Crippen molar-refractivity contribution in [1.29, 1.82) is 0 Å². The minimum Gasteiger partial charge on any atom is -0.396 e. The molecule has 0 aromatic rings. The summed E-state index contributed by atoms with van der Waals surface area (Å²) in [5.41, 5.74) is 0.241. The first-order valence-electron chi connectivity index (χ1n) is 7.41. The second kappa shape index (κ2) is 7.38. The summed E-state index contributed by atoms with van der Waals surface area (Å²) in [6.45, 7) is 7.09. The third-order valence-corrected chi connectivity index (χ3v) is 4.01. The number of hydrogen-bond acceptors (Lipinski definition) is 2. The van der Waals surface area contributed by atoms with Crippen LogP contribution in [0.4, 0.5) is 0 Å². The van der Waals surface area contributed by atoms with E-state index in [1.54, 1.807) is 0 Å². The highest BCUT2D eigenvalue weighted by atomic mass is 16.3. The van der Waals surface area contributed by atoms with Crippen LogP contribution in [0.1, 0.15) is 72.1 Å². The lowest BCUT2D eigenvalue weighted by Gasteiger charge is -2.35. The summed E-state index contributed by atoms with van der Waals surface area (Å²) in [5.74, 6) is 0. The van der Waals surface area contributed by atoms with Crippen LogP contribution in [0.15, 0.2) is 0 Å². The SMILES string of the molecule is CC(C)(C)C(CCO)NC1CCCCCCC1. The molecule has 0 saturated heterocycles. The Labute approximate surface area is 107 Å². The van der Waals surface area contributed by atoms with Crippen LogP contribution in [0.5, 0.6) is 0 Å². The van der Waals surface area contributed by atoms with Crippen LogP contribution in [0, 0.1) is 5.41 Å². The topological polar surface area (TPSA) is 32.3 Å². The first kappa shape index (κ1) is 15.0. The minimum absolute atomic E-state index is 0.241. The maximum Gasteiger partial charge on any atom is 0.0446 e. The molecular formula is C15H31NO. The largest absolute Gasteiger partial charge is 0.396 e. The molecule has 0 aromatic heterocycles. The fourth-order valence-corrected chi connectivity index (χ4v) is 2.80. The molecule has 1 unspecified atom stereocenters. The Morgan fingerprint density at radius 1 is 1.06 bits per heavy atom. The van der Waals surface area contributed by atoms with Gasteiger partial charge >= 0.3 is 0 Å². The lowest BCUT2D eigenvalue weighted by molar-refractivity contribution is 0.178. The van der Waals surface area contributed by atoms with Gasteiger partial charge in [0.25, 0.3) is 0 Å². The maximum absolute atomic E-state index is 9.19. The van der Waals surface area contributed by atoms with E-state index in [0.29, 0.717) is 18.7 Å². The Kier molecular flexibility index (Phi) is 6.50. The molecule has 2 N–H and O–H groups in total. The van der Waals surface area contributed by atoms with Crippen molar-refractivity contribution in [2.75, 3.05) is 6.61 Å². The van der Waals surface area contributed by atoms with Gasteiger partial charge < -0.3 is 10.4 Å². The molecule has 0 spiro atoms. The van der Waals surface area contributed by atoms with E-state index in [9.17, 15) is 5.11 Å². The molecular weight excluding hydrogens is 210 g/mol. The Hall–Kier alpha value is -0.0800. The minimum atomic E-state index is 0.241. The third-order valence-electron chi connectivity index (χ3n) is 4.01. The standard InChI is InChI=1S/C15H31NO/c1-15(2,3)14(11-12-17)16-13-9-7-5-4-6-8-10-13/h13-14,16-17H,4-12H2,1-3H3. The third kappa shape index (κ3) is 5.87. The van der Waals surface area contributed by atoms with Crippen molar-refractivity contribution >= 4 is 0 Å². The van der Waals surface area contributed by atoms with E-state index >= 15 is 0 Å². The van der Waals surface area contributed by atoms with Gasteiger partial charge in [0.05, 0.1) is 0 Å². The lowest BCUT2D eigenvalue weighted by atomic mass is 9.83. The van der Waals surface area contributed by atoms with Crippen molar-refractivity contribution in [1.82, 2.24) is 5.32 Å². The first-order valence-corrected chi connectivity index (χ1v) is 7.41. The first-order chi connectivity index (χ1) is 8.04. The van der Waals surface area contributed by atoms with E-state index in [1.165, 1.54) is 44.9 Å². The van der Waals surface area contributed by atoms with Gasteiger partial charge in [-0.2, -0.15) is 0 Å². The van der Waals surface area contributed by atoms with Crippen LogP contribution < -0.4 is 5.32 Å². The van der Waals surface area contributed by atoms with Crippen molar-refractivity contribution in [3.8, 4) is 0 Å². The van der Waals surface area contributed by atoms with Crippen LogP contribution >= 0.6 is 0 Å². The number of rotatable bonds is 4. The molecule has 1 aliphatic carbocycles. The highest BCUT2D eigenvalue weighted by Gasteiger charge is 2.26. The summed E-state index contributed by atoms with van der Waals surface area (Å²) < 4.78 is 0. The van der Waals surface area contributed by atoms with E-state index in [1.807, 2.05) is 0 Å². The van der Waals surface area contributed by atoms with Crippen molar-refractivity contribution in [2.45, 2.75) is 84.2 Å². The summed E-state index contributed by atoms with van der Waals surface area (Å²) in [7, 11) is 0. The monoisotopic (exact) mass is 241 g/mol. The van der Waals surface area contributed by atoms with Gasteiger partial charge in [0.1, 0.15) is 0 Å². The average molecular weight is 241 g/mol. The summed E-state index contributed by atoms with van der Waals surface area (Å²) >= 11 is 0. The second-order valence-corrected chi connectivity index (χ2v) is 6.64. The Bertz CT molecular complexity index is 190. The predicted octanol–water partition coefficient (Wildman–Crippen LogP) is 3.49. The van der Waals surface area contributed by atoms with Crippen LogP contribution in [0.2, 0.25) is 0 Å². The smallest absolute Gasteiger partial charge is 0.0446 e. The molecule has 1 aliphatic rings. The van der Waals surface area contributed by atoms with Crippen LogP contribution in [-0.2, 0) is 0 Å². The molecule has 1 fully saturated rings. The van der Waals surface area contributed by atoms with Gasteiger partial charge in [-0.05, 0) is 24.7 Å². The van der Waals surface area contributed by atoms with Gasteiger partial charge in [-0.25, -0.2) is 0 Å². The molecule has 2 nitrogen and oxygen atoms in total. The quantitative estimate of drug-likeness (QED) is 0.789. The highest BCUT2D eigenvalue weighted by Crippen LogP contribution is 2.25. The summed E-state index contributed by atoms with van der Waals surface area (Å²) in [5, 5.41) is 13.0. The van der Waals surface area contributed by atoms with E-state index in [2.05, 4.69) is 26.1 Å². The molecule has 1 atom stereocenters. The average Bonchev–Trinajstić information content (AvgIpc) is 2.19. The van der Waals surface area contributed by atoms with Crippen LogP contribution in [0.25, 0.3) is 0 Å². The van der Waals surface area contributed by atoms with Crippen molar-refractivity contribution in [2.24, 2.45) is 5.41 Å². The second-order valence-electron chi connectivity index (χ2n) is 6.64. The number of nitrogens with one attached hydrogen (secondary N) is 1. The van der Waals surface area contributed by atoms with E-state index < -0.39 is 0 Å². The normalized spacial score (nSPS) is 21.9. The molecule has 0 aliphatic heterocycles. The van der Waals surface area contributed by atoms with Gasteiger partial charge in [-0.1, -0.05) is 52.9 Å². The molecule has 0 bridgehead atoms.